The number of benzene rings is 1. The summed E-state index contributed by atoms with van der Waals surface area (Å²) >= 11 is 5.99. The van der Waals surface area contributed by atoms with Crippen LogP contribution in [0.4, 0.5) is 0 Å². The van der Waals surface area contributed by atoms with E-state index in [2.05, 4.69) is 13.8 Å². The molecule has 1 nitrogen and oxygen atoms in total. The van der Waals surface area contributed by atoms with Crippen molar-refractivity contribution in [2.24, 2.45) is 11.3 Å². The third kappa shape index (κ3) is 3.27. The highest BCUT2D eigenvalue weighted by Gasteiger charge is 2.36. The SMILES string of the molecule is CC1(C)CCCCC1C(O)Cc1cccc(Cl)c1. The van der Waals surface area contributed by atoms with Crippen molar-refractivity contribution >= 4 is 11.6 Å². The van der Waals surface area contributed by atoms with Gasteiger partial charge in [-0.3, -0.25) is 0 Å². The van der Waals surface area contributed by atoms with Crippen LogP contribution in [-0.2, 0) is 6.42 Å². The summed E-state index contributed by atoms with van der Waals surface area (Å²) in [7, 11) is 0. The van der Waals surface area contributed by atoms with Crippen molar-refractivity contribution in [3.63, 3.8) is 0 Å². The third-order valence-electron chi connectivity index (χ3n) is 4.39. The summed E-state index contributed by atoms with van der Waals surface area (Å²) in [6, 6.07) is 7.84. The summed E-state index contributed by atoms with van der Waals surface area (Å²) in [6.07, 6.45) is 5.39. The topological polar surface area (TPSA) is 20.2 Å². The summed E-state index contributed by atoms with van der Waals surface area (Å²) < 4.78 is 0. The molecule has 1 fully saturated rings. The first kappa shape index (κ1) is 13.9. The molecule has 1 aromatic carbocycles. The molecule has 1 N–H and O–H groups in total. The van der Waals surface area contributed by atoms with Gasteiger partial charge in [-0.2, -0.15) is 0 Å². The molecule has 2 atom stereocenters. The fraction of sp³-hybridized carbons (Fsp3) is 0.625. The van der Waals surface area contributed by atoms with E-state index in [1.165, 1.54) is 19.3 Å². The van der Waals surface area contributed by atoms with E-state index in [1.807, 2.05) is 24.3 Å². The van der Waals surface area contributed by atoms with E-state index in [0.29, 0.717) is 12.3 Å². The lowest BCUT2D eigenvalue weighted by atomic mass is 9.66. The standard InChI is InChI=1S/C16H23ClO/c1-16(2)9-4-3-8-14(16)15(18)11-12-6-5-7-13(17)10-12/h5-7,10,14-15,18H,3-4,8-9,11H2,1-2H3. The molecule has 2 unspecified atom stereocenters. The Labute approximate surface area is 115 Å². The molecule has 1 saturated carbocycles. The van der Waals surface area contributed by atoms with E-state index in [0.717, 1.165) is 17.0 Å². The predicted molar refractivity (Wildman–Crippen MR) is 76.9 cm³/mol. The highest BCUT2D eigenvalue weighted by molar-refractivity contribution is 6.30. The number of rotatable bonds is 3. The van der Waals surface area contributed by atoms with Crippen LogP contribution in [0.1, 0.15) is 45.1 Å². The molecular weight excluding hydrogens is 244 g/mol. The second-order valence-corrected chi connectivity index (χ2v) is 6.68. The first-order valence-electron chi connectivity index (χ1n) is 6.91. The zero-order valence-corrected chi connectivity index (χ0v) is 12.1. The molecule has 0 aromatic heterocycles. The molecule has 100 valence electrons. The molecule has 2 rings (SSSR count). The Hall–Kier alpha value is -0.530. The number of hydrogen-bond donors (Lipinski definition) is 1. The van der Waals surface area contributed by atoms with Crippen LogP contribution in [0.25, 0.3) is 0 Å². The summed E-state index contributed by atoms with van der Waals surface area (Å²) in [6.45, 7) is 4.58. The van der Waals surface area contributed by atoms with Crippen LogP contribution in [0, 0.1) is 11.3 Å². The van der Waals surface area contributed by atoms with Gasteiger partial charge in [-0.25, -0.2) is 0 Å². The first-order valence-corrected chi connectivity index (χ1v) is 7.29. The lowest BCUT2D eigenvalue weighted by Gasteiger charge is -2.41. The number of aliphatic hydroxyl groups excluding tert-OH is 1. The van der Waals surface area contributed by atoms with Crippen molar-refractivity contribution in [3.05, 3.63) is 34.9 Å². The summed E-state index contributed by atoms with van der Waals surface area (Å²) in [5, 5.41) is 11.3. The van der Waals surface area contributed by atoms with Crippen LogP contribution in [0.5, 0.6) is 0 Å². The fourth-order valence-electron chi connectivity index (χ4n) is 3.28. The lowest BCUT2D eigenvalue weighted by Crippen LogP contribution is -2.37. The van der Waals surface area contributed by atoms with Gasteiger partial charge >= 0.3 is 0 Å². The van der Waals surface area contributed by atoms with Gasteiger partial charge in [0.2, 0.25) is 0 Å². The molecule has 1 aliphatic rings. The number of halogens is 1. The maximum atomic E-state index is 10.5. The van der Waals surface area contributed by atoms with E-state index >= 15 is 0 Å². The van der Waals surface area contributed by atoms with Crippen LogP contribution < -0.4 is 0 Å². The minimum Gasteiger partial charge on any atom is -0.392 e. The highest BCUT2D eigenvalue weighted by atomic mass is 35.5. The second kappa shape index (κ2) is 5.63. The second-order valence-electron chi connectivity index (χ2n) is 6.24. The van der Waals surface area contributed by atoms with Gasteiger partial charge in [0.15, 0.2) is 0 Å². The van der Waals surface area contributed by atoms with Gasteiger partial charge in [-0.15, -0.1) is 0 Å². The number of aliphatic hydroxyl groups is 1. The first-order chi connectivity index (χ1) is 8.49. The van der Waals surface area contributed by atoms with Crippen molar-refractivity contribution in [1.29, 1.82) is 0 Å². The molecule has 1 aromatic rings. The quantitative estimate of drug-likeness (QED) is 0.856. The van der Waals surface area contributed by atoms with Crippen LogP contribution in [0.15, 0.2) is 24.3 Å². The molecule has 18 heavy (non-hydrogen) atoms. The van der Waals surface area contributed by atoms with Crippen molar-refractivity contribution in [2.75, 3.05) is 0 Å². The molecule has 0 saturated heterocycles. The maximum Gasteiger partial charge on any atom is 0.0613 e. The molecule has 0 amide bonds. The average Bonchev–Trinajstić information content (AvgIpc) is 2.28. The van der Waals surface area contributed by atoms with Crippen LogP contribution in [0.2, 0.25) is 5.02 Å². The van der Waals surface area contributed by atoms with Gasteiger partial charge in [-0.05, 0) is 48.3 Å². The Morgan fingerprint density at radius 2 is 2.17 bits per heavy atom. The minimum absolute atomic E-state index is 0.251. The summed E-state index contributed by atoms with van der Waals surface area (Å²) in [5.74, 6) is 0.408. The van der Waals surface area contributed by atoms with Crippen LogP contribution in [0.3, 0.4) is 0 Å². The average molecular weight is 267 g/mol. The van der Waals surface area contributed by atoms with Crippen molar-refractivity contribution in [1.82, 2.24) is 0 Å². The molecule has 0 bridgehead atoms. The molecule has 0 heterocycles. The normalized spacial score (nSPS) is 24.8. The molecule has 0 spiro atoms. The van der Waals surface area contributed by atoms with Crippen LogP contribution in [-0.4, -0.2) is 11.2 Å². The van der Waals surface area contributed by atoms with E-state index in [-0.39, 0.29) is 11.5 Å². The van der Waals surface area contributed by atoms with Gasteiger partial charge in [0.05, 0.1) is 6.10 Å². The molecular formula is C16H23ClO. The largest absolute Gasteiger partial charge is 0.392 e. The van der Waals surface area contributed by atoms with Gasteiger partial charge < -0.3 is 5.11 Å². The molecule has 0 aliphatic heterocycles. The Kier molecular flexibility index (Phi) is 4.34. The minimum atomic E-state index is -0.251. The summed E-state index contributed by atoms with van der Waals surface area (Å²) in [4.78, 5) is 0. The van der Waals surface area contributed by atoms with Crippen molar-refractivity contribution < 1.29 is 5.11 Å². The zero-order chi connectivity index (χ0) is 13.2. The van der Waals surface area contributed by atoms with E-state index in [9.17, 15) is 5.11 Å². The zero-order valence-electron chi connectivity index (χ0n) is 11.3. The Balaban J connectivity index is 2.05. The molecule has 1 aliphatic carbocycles. The van der Waals surface area contributed by atoms with Crippen LogP contribution >= 0.6 is 11.6 Å². The maximum absolute atomic E-state index is 10.5. The highest BCUT2D eigenvalue weighted by Crippen LogP contribution is 2.42. The van der Waals surface area contributed by atoms with Gasteiger partial charge in [0, 0.05) is 5.02 Å². The Morgan fingerprint density at radius 3 is 2.83 bits per heavy atom. The lowest BCUT2D eigenvalue weighted by molar-refractivity contribution is 0.00581. The van der Waals surface area contributed by atoms with Crippen molar-refractivity contribution in [2.45, 2.75) is 52.1 Å². The monoisotopic (exact) mass is 266 g/mol. The fourth-order valence-corrected chi connectivity index (χ4v) is 3.49. The molecule has 2 heteroatoms. The van der Waals surface area contributed by atoms with Crippen molar-refractivity contribution in [3.8, 4) is 0 Å². The number of hydrogen-bond acceptors (Lipinski definition) is 1. The van der Waals surface area contributed by atoms with E-state index in [1.54, 1.807) is 0 Å². The smallest absolute Gasteiger partial charge is 0.0613 e. The van der Waals surface area contributed by atoms with Gasteiger partial charge in [-0.1, -0.05) is 50.4 Å². The predicted octanol–water partition coefficient (Wildman–Crippen LogP) is 4.46. The van der Waals surface area contributed by atoms with Gasteiger partial charge in [0.25, 0.3) is 0 Å². The molecule has 0 radical (unpaired) electrons. The van der Waals surface area contributed by atoms with E-state index in [4.69, 9.17) is 11.6 Å². The third-order valence-corrected chi connectivity index (χ3v) is 4.62. The Bertz CT molecular complexity index is 400. The van der Waals surface area contributed by atoms with Gasteiger partial charge in [0.1, 0.15) is 0 Å². The summed E-state index contributed by atoms with van der Waals surface area (Å²) in [5.41, 5.74) is 1.40. The van der Waals surface area contributed by atoms with E-state index < -0.39 is 0 Å². The Morgan fingerprint density at radius 1 is 1.39 bits per heavy atom.